The smallest absolute Gasteiger partial charge is 0.313 e. The number of esters is 1. The minimum Gasteiger partial charge on any atom is -0.466 e. The first-order chi connectivity index (χ1) is 12.2. The van der Waals surface area contributed by atoms with Crippen molar-refractivity contribution >= 4 is 46.5 Å². The highest BCUT2D eigenvalue weighted by Gasteiger charge is 2.30. The zero-order valence-electron chi connectivity index (χ0n) is 14.4. The predicted octanol–water partition coefficient (Wildman–Crippen LogP) is 2.98. The molecule has 1 fully saturated rings. The van der Waals surface area contributed by atoms with Gasteiger partial charge in [-0.1, -0.05) is 23.2 Å². The standard InChI is InChI=1S/C17H19Cl2FN2O4/c1-3-26-14(25)7-13(24)11-6-12(20)17(16(19)15(11)18)22-5-4-10(8-22)21-9(2)23/h6,10H,3-5,7-8H2,1-2H3,(H,21,23). The lowest BCUT2D eigenvalue weighted by atomic mass is 10.1. The van der Waals surface area contributed by atoms with Crippen LogP contribution in [0.25, 0.3) is 0 Å². The molecular formula is C17H19Cl2FN2O4. The molecule has 0 bridgehead atoms. The molecule has 1 aliphatic rings. The van der Waals surface area contributed by atoms with Gasteiger partial charge in [-0.15, -0.1) is 0 Å². The summed E-state index contributed by atoms with van der Waals surface area (Å²) in [6, 6.07) is 0.864. The molecule has 0 aromatic heterocycles. The van der Waals surface area contributed by atoms with Crippen molar-refractivity contribution in [2.45, 2.75) is 32.7 Å². The molecule has 9 heteroatoms. The van der Waals surface area contributed by atoms with Gasteiger partial charge in [0.05, 0.1) is 22.3 Å². The minimum absolute atomic E-state index is 0.0807. The third-order valence-corrected chi connectivity index (χ3v) is 4.81. The maximum atomic E-state index is 14.6. The average molecular weight is 405 g/mol. The van der Waals surface area contributed by atoms with E-state index in [-0.39, 0.29) is 39.9 Å². The van der Waals surface area contributed by atoms with Crippen LogP contribution < -0.4 is 10.2 Å². The van der Waals surface area contributed by atoms with E-state index in [1.165, 1.54) is 6.92 Å². The fraction of sp³-hybridized carbons (Fsp3) is 0.471. The van der Waals surface area contributed by atoms with Gasteiger partial charge in [0.15, 0.2) is 5.78 Å². The Morgan fingerprint density at radius 2 is 2.04 bits per heavy atom. The fourth-order valence-electron chi connectivity index (χ4n) is 2.89. The van der Waals surface area contributed by atoms with Gasteiger partial charge in [0.1, 0.15) is 12.2 Å². The van der Waals surface area contributed by atoms with Gasteiger partial charge in [-0.05, 0) is 19.4 Å². The summed E-state index contributed by atoms with van der Waals surface area (Å²) >= 11 is 12.4. The Morgan fingerprint density at radius 3 is 2.65 bits per heavy atom. The number of nitrogens with zero attached hydrogens (tertiary/aromatic N) is 1. The summed E-state index contributed by atoms with van der Waals surface area (Å²) < 4.78 is 19.3. The summed E-state index contributed by atoms with van der Waals surface area (Å²) in [5, 5.41) is 2.57. The van der Waals surface area contributed by atoms with Gasteiger partial charge < -0.3 is 15.0 Å². The number of nitrogens with one attached hydrogen (secondary N) is 1. The maximum Gasteiger partial charge on any atom is 0.313 e. The molecule has 1 heterocycles. The van der Waals surface area contributed by atoms with E-state index in [0.29, 0.717) is 19.5 Å². The first-order valence-corrected chi connectivity index (χ1v) is 8.88. The zero-order chi connectivity index (χ0) is 19.4. The normalized spacial score (nSPS) is 16.5. The molecule has 1 aromatic rings. The first kappa shape index (κ1) is 20.5. The Labute approximate surface area is 160 Å². The van der Waals surface area contributed by atoms with E-state index in [1.807, 2.05) is 0 Å². The molecule has 0 aliphatic carbocycles. The molecule has 26 heavy (non-hydrogen) atoms. The molecule has 1 aromatic carbocycles. The first-order valence-electron chi connectivity index (χ1n) is 8.12. The highest BCUT2D eigenvalue weighted by atomic mass is 35.5. The van der Waals surface area contributed by atoms with Gasteiger partial charge in [-0.3, -0.25) is 14.4 Å². The average Bonchev–Trinajstić information content (AvgIpc) is 2.98. The lowest BCUT2D eigenvalue weighted by molar-refractivity contribution is -0.142. The van der Waals surface area contributed by atoms with E-state index >= 15 is 0 Å². The molecule has 142 valence electrons. The lowest BCUT2D eigenvalue weighted by Crippen LogP contribution is -2.35. The topological polar surface area (TPSA) is 75.7 Å². The highest BCUT2D eigenvalue weighted by Crippen LogP contribution is 2.39. The number of rotatable bonds is 6. The van der Waals surface area contributed by atoms with Crippen LogP contribution in [-0.2, 0) is 14.3 Å². The number of Topliss-reactive ketones (excluding diaryl/α,β-unsaturated/α-hetero) is 1. The van der Waals surface area contributed by atoms with Gasteiger partial charge >= 0.3 is 5.97 Å². The lowest BCUT2D eigenvalue weighted by Gasteiger charge is -2.22. The molecule has 6 nitrogen and oxygen atoms in total. The van der Waals surface area contributed by atoms with Crippen molar-refractivity contribution in [3.63, 3.8) is 0 Å². The van der Waals surface area contributed by atoms with E-state index in [4.69, 9.17) is 27.9 Å². The second-order valence-electron chi connectivity index (χ2n) is 5.92. The number of carbonyl (C=O) groups is 3. The van der Waals surface area contributed by atoms with E-state index in [2.05, 4.69) is 5.32 Å². The van der Waals surface area contributed by atoms with Crippen molar-refractivity contribution in [1.82, 2.24) is 5.32 Å². The number of anilines is 1. The van der Waals surface area contributed by atoms with Gasteiger partial charge in [0.2, 0.25) is 5.91 Å². The van der Waals surface area contributed by atoms with Crippen LogP contribution in [0.15, 0.2) is 6.07 Å². The number of ketones is 1. The largest absolute Gasteiger partial charge is 0.466 e. The predicted molar refractivity (Wildman–Crippen MR) is 96.4 cm³/mol. The van der Waals surface area contributed by atoms with Crippen molar-refractivity contribution in [3.8, 4) is 0 Å². The van der Waals surface area contributed by atoms with E-state index in [1.54, 1.807) is 11.8 Å². The van der Waals surface area contributed by atoms with Crippen LogP contribution in [0.1, 0.15) is 37.0 Å². The molecule has 1 aliphatic heterocycles. The molecule has 1 unspecified atom stereocenters. The van der Waals surface area contributed by atoms with E-state index < -0.39 is 24.0 Å². The maximum absolute atomic E-state index is 14.6. The third kappa shape index (κ3) is 4.65. The van der Waals surface area contributed by atoms with Crippen molar-refractivity contribution in [1.29, 1.82) is 0 Å². The summed E-state index contributed by atoms with van der Waals surface area (Å²) in [6.07, 6.45) is 0.0908. The second-order valence-corrected chi connectivity index (χ2v) is 6.68. The zero-order valence-corrected chi connectivity index (χ0v) is 15.9. The molecule has 1 N–H and O–H groups in total. The van der Waals surface area contributed by atoms with Gasteiger partial charge in [0.25, 0.3) is 0 Å². The SMILES string of the molecule is CCOC(=O)CC(=O)c1cc(F)c(N2CCC(NC(C)=O)C2)c(Cl)c1Cl. The molecule has 0 spiro atoms. The Balaban J connectivity index is 2.24. The second kappa shape index (κ2) is 8.68. The molecule has 2 rings (SSSR count). The Hall–Kier alpha value is -1.86. The Morgan fingerprint density at radius 1 is 1.35 bits per heavy atom. The molecule has 1 saturated heterocycles. The van der Waals surface area contributed by atoms with Crippen molar-refractivity contribution in [2.75, 3.05) is 24.6 Å². The molecule has 0 saturated carbocycles. The Kier molecular flexibility index (Phi) is 6.83. The van der Waals surface area contributed by atoms with Crippen LogP contribution in [0, 0.1) is 5.82 Å². The molecule has 1 amide bonds. The number of hydrogen-bond donors (Lipinski definition) is 1. The number of hydrogen-bond acceptors (Lipinski definition) is 5. The quantitative estimate of drug-likeness (QED) is 0.341. The summed E-state index contributed by atoms with van der Waals surface area (Å²) in [5.74, 6) is -2.26. The van der Waals surface area contributed by atoms with Crippen LogP contribution in [-0.4, -0.2) is 43.4 Å². The van der Waals surface area contributed by atoms with Crippen molar-refractivity contribution in [2.24, 2.45) is 0 Å². The fourth-order valence-corrected chi connectivity index (χ4v) is 3.45. The van der Waals surface area contributed by atoms with Gasteiger partial charge in [0, 0.05) is 31.6 Å². The number of benzene rings is 1. The van der Waals surface area contributed by atoms with Crippen LogP contribution in [0.5, 0.6) is 0 Å². The summed E-state index contributed by atoms with van der Waals surface area (Å²) in [5.41, 5.74) is -0.0826. The minimum atomic E-state index is -0.716. The van der Waals surface area contributed by atoms with Crippen LogP contribution in [0.3, 0.4) is 0 Å². The van der Waals surface area contributed by atoms with Gasteiger partial charge in [-0.2, -0.15) is 0 Å². The molecule has 1 atom stereocenters. The van der Waals surface area contributed by atoms with Crippen molar-refractivity contribution in [3.05, 3.63) is 27.5 Å². The third-order valence-electron chi connectivity index (χ3n) is 3.96. The number of ether oxygens (including phenoxy) is 1. The van der Waals surface area contributed by atoms with E-state index in [9.17, 15) is 18.8 Å². The number of carbonyl (C=O) groups excluding carboxylic acids is 3. The van der Waals surface area contributed by atoms with Crippen LogP contribution in [0.2, 0.25) is 10.0 Å². The number of amides is 1. The molecule has 0 radical (unpaired) electrons. The summed E-state index contributed by atoms with van der Waals surface area (Å²) in [7, 11) is 0. The highest BCUT2D eigenvalue weighted by molar-refractivity contribution is 6.45. The summed E-state index contributed by atoms with van der Waals surface area (Å²) in [6.45, 7) is 4.02. The van der Waals surface area contributed by atoms with Gasteiger partial charge in [-0.25, -0.2) is 4.39 Å². The molecular weight excluding hydrogens is 386 g/mol. The van der Waals surface area contributed by atoms with Crippen molar-refractivity contribution < 1.29 is 23.5 Å². The van der Waals surface area contributed by atoms with Crippen LogP contribution in [0.4, 0.5) is 10.1 Å². The number of halogens is 3. The van der Waals surface area contributed by atoms with Crippen LogP contribution >= 0.6 is 23.2 Å². The summed E-state index contributed by atoms with van der Waals surface area (Å²) in [4.78, 5) is 36.5. The van der Waals surface area contributed by atoms with E-state index in [0.717, 1.165) is 6.07 Å². The Bertz CT molecular complexity index is 742. The monoisotopic (exact) mass is 404 g/mol.